The van der Waals surface area contributed by atoms with E-state index in [0.29, 0.717) is 41.0 Å². The summed E-state index contributed by atoms with van der Waals surface area (Å²) in [6, 6.07) is 20.8. The molecule has 1 atom stereocenters. The number of allylic oxidation sites excluding steroid dienone is 1. The Morgan fingerprint density at radius 1 is 1.08 bits per heavy atom. The Hall–Kier alpha value is -4.11. The molecule has 0 fully saturated rings. The summed E-state index contributed by atoms with van der Waals surface area (Å²) in [7, 11) is 1.60. The number of nitrogens with one attached hydrogen (secondary N) is 2. The number of nitrogens with zero attached hydrogens (tertiary/aromatic N) is 3. The normalized spacial score (nSPS) is 14.5. The number of amides is 1. The number of halogens is 1. The molecular weight excluding hydrogens is 534 g/mol. The molecule has 2 N–H and O–H groups in total. The van der Waals surface area contributed by atoms with Crippen LogP contribution < -0.4 is 20.1 Å². The van der Waals surface area contributed by atoms with Gasteiger partial charge in [-0.2, -0.15) is 10.1 Å². The second-order valence-corrected chi connectivity index (χ2v) is 9.66. The van der Waals surface area contributed by atoms with Gasteiger partial charge in [-0.25, -0.2) is 4.68 Å². The molecule has 1 aliphatic heterocycles. The molecule has 188 valence electrons. The van der Waals surface area contributed by atoms with Crippen LogP contribution in [0.25, 0.3) is 0 Å². The van der Waals surface area contributed by atoms with E-state index in [9.17, 15) is 4.79 Å². The number of aromatic nitrogens is 3. The molecule has 0 saturated carbocycles. The highest BCUT2D eigenvalue weighted by molar-refractivity contribution is 9.10. The number of hydrogen-bond donors (Lipinski definition) is 2. The van der Waals surface area contributed by atoms with Crippen molar-refractivity contribution in [2.75, 3.05) is 17.7 Å². The molecule has 1 aliphatic rings. The quantitative estimate of drug-likeness (QED) is 0.294. The van der Waals surface area contributed by atoms with Crippen molar-refractivity contribution in [1.29, 1.82) is 0 Å². The predicted molar refractivity (Wildman–Crippen MR) is 146 cm³/mol. The van der Waals surface area contributed by atoms with Crippen LogP contribution >= 0.6 is 15.9 Å². The fraction of sp³-hybridized carbons (Fsp3) is 0.179. The molecule has 5 rings (SSSR count). The van der Waals surface area contributed by atoms with Crippen molar-refractivity contribution in [2.24, 2.45) is 0 Å². The van der Waals surface area contributed by atoms with Crippen LogP contribution in [-0.4, -0.2) is 27.8 Å². The average molecular weight is 560 g/mol. The molecular formula is C28H26BrN5O3. The second-order valence-electron chi connectivity index (χ2n) is 8.74. The average Bonchev–Trinajstić information content (AvgIpc) is 3.36. The van der Waals surface area contributed by atoms with Crippen LogP contribution in [0.3, 0.4) is 0 Å². The van der Waals surface area contributed by atoms with Crippen LogP contribution in [0.2, 0.25) is 0 Å². The van der Waals surface area contributed by atoms with Crippen molar-refractivity contribution in [3.63, 3.8) is 0 Å². The van der Waals surface area contributed by atoms with E-state index in [2.05, 4.69) is 36.6 Å². The predicted octanol–water partition coefficient (Wildman–Crippen LogP) is 5.86. The highest BCUT2D eigenvalue weighted by Crippen LogP contribution is 2.39. The second kappa shape index (κ2) is 10.5. The fourth-order valence-corrected chi connectivity index (χ4v) is 4.74. The number of aryl methyl sites for hydroxylation is 1. The Balaban J connectivity index is 1.47. The molecule has 1 aromatic heterocycles. The molecule has 1 amide bonds. The summed E-state index contributed by atoms with van der Waals surface area (Å²) in [5.74, 6) is 1.49. The van der Waals surface area contributed by atoms with Gasteiger partial charge < -0.3 is 20.1 Å². The van der Waals surface area contributed by atoms with Gasteiger partial charge in [0.25, 0.3) is 5.91 Å². The van der Waals surface area contributed by atoms with Gasteiger partial charge in [-0.1, -0.05) is 51.8 Å². The maximum Gasteiger partial charge on any atom is 0.255 e. The molecule has 0 bridgehead atoms. The number of methoxy groups -OCH3 is 1. The number of anilines is 2. The lowest BCUT2D eigenvalue weighted by Gasteiger charge is -2.29. The monoisotopic (exact) mass is 559 g/mol. The molecule has 0 spiro atoms. The third-order valence-electron chi connectivity index (χ3n) is 6.14. The molecule has 3 aromatic carbocycles. The zero-order valence-electron chi connectivity index (χ0n) is 20.7. The zero-order valence-corrected chi connectivity index (χ0v) is 22.2. The van der Waals surface area contributed by atoms with Crippen LogP contribution in [0, 0.1) is 6.92 Å². The Morgan fingerprint density at radius 3 is 2.65 bits per heavy atom. The van der Waals surface area contributed by atoms with E-state index in [1.54, 1.807) is 11.8 Å². The first-order chi connectivity index (χ1) is 17.9. The maximum atomic E-state index is 13.6. The number of carbonyl (C=O) groups excluding carboxylic acids is 1. The fourth-order valence-electron chi connectivity index (χ4n) is 4.29. The summed E-state index contributed by atoms with van der Waals surface area (Å²) in [4.78, 5) is 17.9. The third kappa shape index (κ3) is 5.22. The van der Waals surface area contributed by atoms with Gasteiger partial charge in [0.1, 0.15) is 19.0 Å². The number of hydrogen-bond acceptors (Lipinski definition) is 6. The maximum absolute atomic E-state index is 13.6. The molecule has 37 heavy (non-hydrogen) atoms. The first-order valence-corrected chi connectivity index (χ1v) is 12.5. The van der Waals surface area contributed by atoms with Crippen molar-refractivity contribution >= 4 is 33.5 Å². The summed E-state index contributed by atoms with van der Waals surface area (Å²) in [5, 5.41) is 10.6. The zero-order chi connectivity index (χ0) is 25.9. The van der Waals surface area contributed by atoms with Gasteiger partial charge in [-0.05, 0) is 61.4 Å². The lowest BCUT2D eigenvalue weighted by atomic mass is 9.94. The van der Waals surface area contributed by atoms with Crippen molar-refractivity contribution in [1.82, 2.24) is 14.8 Å². The highest BCUT2D eigenvalue weighted by atomic mass is 79.9. The number of rotatable bonds is 7. The van der Waals surface area contributed by atoms with Crippen LogP contribution in [0.4, 0.5) is 11.6 Å². The lowest BCUT2D eigenvalue weighted by Crippen LogP contribution is -2.31. The van der Waals surface area contributed by atoms with E-state index in [-0.39, 0.29) is 5.91 Å². The summed E-state index contributed by atoms with van der Waals surface area (Å²) in [5.41, 5.74) is 4.90. The number of fused-ring (bicyclic) bond motifs is 1. The van der Waals surface area contributed by atoms with E-state index >= 15 is 0 Å². The van der Waals surface area contributed by atoms with E-state index in [1.165, 1.54) is 6.33 Å². The first kappa shape index (κ1) is 24.6. The summed E-state index contributed by atoms with van der Waals surface area (Å²) < 4.78 is 14.4. The number of ether oxygens (including phenoxy) is 2. The van der Waals surface area contributed by atoms with Crippen LogP contribution in [0.15, 0.2) is 88.8 Å². The van der Waals surface area contributed by atoms with Crippen molar-refractivity contribution in [2.45, 2.75) is 26.5 Å². The van der Waals surface area contributed by atoms with Gasteiger partial charge in [0.2, 0.25) is 5.95 Å². The van der Waals surface area contributed by atoms with Crippen LogP contribution in [0.1, 0.15) is 29.7 Å². The Kier molecular flexibility index (Phi) is 6.96. The number of benzene rings is 3. The van der Waals surface area contributed by atoms with E-state index in [0.717, 1.165) is 21.2 Å². The first-order valence-electron chi connectivity index (χ1n) is 11.7. The highest BCUT2D eigenvalue weighted by Gasteiger charge is 2.34. The molecule has 8 nitrogen and oxygen atoms in total. The van der Waals surface area contributed by atoms with E-state index in [4.69, 9.17) is 9.47 Å². The SMILES string of the molecule is COc1cc(C2C(C(=O)Nc3ccc(C)cc3)=C(C)Nc3ncnn32)ccc1OCc1cccc(Br)c1. The van der Waals surface area contributed by atoms with Crippen LogP contribution in [0.5, 0.6) is 11.5 Å². The summed E-state index contributed by atoms with van der Waals surface area (Å²) >= 11 is 3.49. The van der Waals surface area contributed by atoms with Gasteiger partial charge in [-0.15, -0.1) is 0 Å². The largest absolute Gasteiger partial charge is 0.493 e. The Bertz CT molecular complexity index is 1480. The van der Waals surface area contributed by atoms with E-state index in [1.807, 2.05) is 80.6 Å². The van der Waals surface area contributed by atoms with Crippen molar-refractivity contribution < 1.29 is 14.3 Å². The smallest absolute Gasteiger partial charge is 0.255 e. The molecule has 1 unspecified atom stereocenters. The van der Waals surface area contributed by atoms with Gasteiger partial charge in [-0.3, -0.25) is 4.79 Å². The molecule has 0 radical (unpaired) electrons. The minimum absolute atomic E-state index is 0.228. The van der Waals surface area contributed by atoms with Gasteiger partial charge >= 0.3 is 0 Å². The number of carbonyl (C=O) groups is 1. The minimum Gasteiger partial charge on any atom is -0.493 e. The minimum atomic E-state index is -0.516. The molecule has 0 aliphatic carbocycles. The van der Waals surface area contributed by atoms with Gasteiger partial charge in [0.15, 0.2) is 11.5 Å². The summed E-state index contributed by atoms with van der Waals surface area (Å²) in [6.45, 7) is 4.26. The molecule has 0 saturated heterocycles. The summed E-state index contributed by atoms with van der Waals surface area (Å²) in [6.07, 6.45) is 1.47. The topological polar surface area (TPSA) is 90.3 Å². The van der Waals surface area contributed by atoms with Gasteiger partial charge in [0.05, 0.1) is 12.7 Å². The molecule has 2 heterocycles. The van der Waals surface area contributed by atoms with Crippen molar-refractivity contribution in [3.05, 3.63) is 105 Å². The van der Waals surface area contributed by atoms with Crippen molar-refractivity contribution in [3.8, 4) is 11.5 Å². The molecule has 4 aromatic rings. The van der Waals surface area contributed by atoms with Gasteiger partial charge in [0, 0.05) is 15.9 Å². The molecule has 9 heteroatoms. The standard InChI is InChI=1S/C28H26BrN5O3/c1-17-7-10-22(11-8-17)33-27(35)25-18(2)32-28-30-16-31-34(28)26(25)20-9-12-23(24(14-20)36-3)37-15-19-5-4-6-21(29)13-19/h4-14,16,26H,15H2,1-3H3,(H,33,35)(H,30,31,32). The Morgan fingerprint density at radius 2 is 1.89 bits per heavy atom. The third-order valence-corrected chi connectivity index (χ3v) is 6.63. The van der Waals surface area contributed by atoms with Crippen LogP contribution in [-0.2, 0) is 11.4 Å². The Labute approximate surface area is 223 Å². The lowest BCUT2D eigenvalue weighted by molar-refractivity contribution is -0.113. The van der Waals surface area contributed by atoms with E-state index < -0.39 is 6.04 Å².